The van der Waals surface area contributed by atoms with Gasteiger partial charge in [0.05, 0.1) is 0 Å². The van der Waals surface area contributed by atoms with Crippen LogP contribution in [0, 0.1) is 0 Å². The van der Waals surface area contributed by atoms with Gasteiger partial charge in [-0.05, 0) is 36.4 Å². The Labute approximate surface area is 136 Å². The van der Waals surface area contributed by atoms with Crippen molar-refractivity contribution < 1.29 is 0 Å². The Hall–Kier alpha value is -0.200. The second-order valence-corrected chi connectivity index (χ2v) is 8.06. The van der Waals surface area contributed by atoms with Crippen LogP contribution in [0.3, 0.4) is 0 Å². The smallest absolute Gasteiger partial charge is 0.0449 e. The van der Waals surface area contributed by atoms with Crippen LogP contribution in [0.25, 0.3) is 19.5 Å². The lowest BCUT2D eigenvalue weighted by atomic mass is 10.3. The van der Waals surface area contributed by atoms with E-state index in [0.717, 1.165) is 11.5 Å². The Morgan fingerprint density at radius 2 is 0.947 bits per heavy atom. The predicted molar refractivity (Wildman–Crippen MR) is 96.3 cm³/mol. The molecule has 19 heavy (non-hydrogen) atoms. The molecule has 0 aliphatic rings. The Bertz CT molecular complexity index is 617. The highest BCUT2D eigenvalue weighted by atomic mass is 32.1. The van der Waals surface area contributed by atoms with Gasteiger partial charge in [0.2, 0.25) is 0 Å². The van der Waals surface area contributed by atoms with Crippen molar-refractivity contribution >= 4 is 59.3 Å². The van der Waals surface area contributed by atoms with Crippen LogP contribution in [-0.2, 0) is 11.5 Å². The Morgan fingerprint density at radius 3 is 1.32 bits per heavy atom. The van der Waals surface area contributed by atoms with E-state index in [0.29, 0.717) is 0 Å². The maximum absolute atomic E-state index is 4.32. The van der Waals surface area contributed by atoms with Crippen LogP contribution in [0.15, 0.2) is 36.4 Å². The zero-order chi connectivity index (χ0) is 13.2. The molecule has 0 fully saturated rings. The largest absolute Gasteiger partial charge is 0.174 e. The number of thiol groups is 2. The molecule has 0 nitrogen and oxygen atoms in total. The molecule has 0 N–H and O–H groups in total. The molecule has 3 aromatic rings. The van der Waals surface area contributed by atoms with E-state index in [4.69, 9.17) is 0 Å². The zero-order valence-electron chi connectivity index (χ0n) is 10.00. The maximum Gasteiger partial charge on any atom is 0.0449 e. The lowest BCUT2D eigenvalue weighted by molar-refractivity contribution is 1.57. The van der Waals surface area contributed by atoms with Gasteiger partial charge in [0.25, 0.3) is 0 Å². The minimum atomic E-state index is 0.819. The van der Waals surface area contributed by atoms with Crippen molar-refractivity contribution in [1.82, 2.24) is 0 Å². The number of rotatable bonds is 4. The van der Waals surface area contributed by atoms with Crippen molar-refractivity contribution in [2.75, 3.05) is 0 Å². The first-order valence-corrected chi connectivity index (χ1v) is 9.51. The molecule has 0 aliphatic carbocycles. The molecule has 0 spiro atoms. The summed E-state index contributed by atoms with van der Waals surface area (Å²) in [6.07, 6.45) is 0. The van der Waals surface area contributed by atoms with E-state index in [9.17, 15) is 0 Å². The van der Waals surface area contributed by atoms with Gasteiger partial charge in [-0.2, -0.15) is 25.3 Å². The van der Waals surface area contributed by atoms with Crippen molar-refractivity contribution in [2.45, 2.75) is 11.5 Å². The fourth-order valence-corrected chi connectivity index (χ4v) is 5.31. The van der Waals surface area contributed by atoms with E-state index in [1.165, 1.54) is 29.3 Å². The molecule has 0 radical (unpaired) electrons. The number of hydrogen-bond donors (Lipinski definition) is 2. The second-order valence-electron chi connectivity index (χ2n) is 4.01. The second kappa shape index (κ2) is 6.06. The molecule has 5 heteroatoms. The van der Waals surface area contributed by atoms with Gasteiger partial charge in [-0.1, -0.05) is 0 Å². The number of thiophene rings is 3. The molecule has 0 bridgehead atoms. The van der Waals surface area contributed by atoms with Crippen LogP contribution in [-0.4, -0.2) is 0 Å². The molecule has 0 saturated heterocycles. The van der Waals surface area contributed by atoms with Crippen LogP contribution in [0.1, 0.15) is 9.75 Å². The summed E-state index contributed by atoms with van der Waals surface area (Å²) in [7, 11) is 0. The minimum absolute atomic E-state index is 0.819. The predicted octanol–water partition coefficient (Wildman–Crippen LogP) is 6.06. The first-order chi connectivity index (χ1) is 9.30. The van der Waals surface area contributed by atoms with Gasteiger partial charge < -0.3 is 0 Å². The van der Waals surface area contributed by atoms with E-state index in [2.05, 4.69) is 61.7 Å². The third-order valence-corrected chi connectivity index (χ3v) is 7.48. The van der Waals surface area contributed by atoms with Crippen molar-refractivity contribution in [2.24, 2.45) is 0 Å². The van der Waals surface area contributed by atoms with E-state index in [1.807, 2.05) is 34.0 Å². The van der Waals surface area contributed by atoms with Crippen molar-refractivity contribution in [3.05, 3.63) is 46.2 Å². The third-order valence-electron chi connectivity index (χ3n) is 2.73. The fraction of sp³-hybridized carbons (Fsp3) is 0.143. The minimum Gasteiger partial charge on any atom is -0.174 e. The van der Waals surface area contributed by atoms with Crippen molar-refractivity contribution in [3.8, 4) is 19.5 Å². The van der Waals surface area contributed by atoms with Crippen LogP contribution in [0.5, 0.6) is 0 Å². The molecule has 3 rings (SSSR count). The van der Waals surface area contributed by atoms with Gasteiger partial charge in [-0.15, -0.1) is 34.0 Å². The summed E-state index contributed by atoms with van der Waals surface area (Å²) in [5.74, 6) is 1.64. The summed E-state index contributed by atoms with van der Waals surface area (Å²) in [6.45, 7) is 0. The standard InChI is InChI=1S/C14H12S5/c15-7-9-1-3-11(17-9)13-5-6-14(19-13)12-4-2-10(8-16)18-12/h1-6,15-16H,7-8H2. The Kier molecular flexibility index (Phi) is 4.39. The molecule has 0 aromatic carbocycles. The van der Waals surface area contributed by atoms with Gasteiger partial charge in [-0.25, -0.2) is 0 Å². The molecule has 0 unspecified atom stereocenters. The molecule has 3 aromatic heterocycles. The van der Waals surface area contributed by atoms with Crippen molar-refractivity contribution in [1.29, 1.82) is 0 Å². The van der Waals surface area contributed by atoms with Crippen LogP contribution >= 0.6 is 59.3 Å². The van der Waals surface area contributed by atoms with Gasteiger partial charge in [-0.3, -0.25) is 0 Å². The summed E-state index contributed by atoms with van der Waals surface area (Å²) < 4.78 is 0. The average Bonchev–Trinajstić information content (AvgIpc) is 3.16. The van der Waals surface area contributed by atoms with E-state index >= 15 is 0 Å². The lowest BCUT2D eigenvalue weighted by Crippen LogP contribution is -1.60. The molecule has 98 valence electrons. The highest BCUT2D eigenvalue weighted by molar-refractivity contribution is 7.79. The van der Waals surface area contributed by atoms with E-state index in [-0.39, 0.29) is 0 Å². The van der Waals surface area contributed by atoms with Crippen LogP contribution in [0.2, 0.25) is 0 Å². The van der Waals surface area contributed by atoms with Gasteiger partial charge in [0, 0.05) is 40.8 Å². The summed E-state index contributed by atoms with van der Waals surface area (Å²) in [6, 6.07) is 13.1. The third kappa shape index (κ3) is 2.95. The molecule has 3 heterocycles. The van der Waals surface area contributed by atoms with E-state index < -0.39 is 0 Å². The summed E-state index contributed by atoms with van der Waals surface area (Å²) in [4.78, 5) is 8.00. The van der Waals surface area contributed by atoms with Gasteiger partial charge in [0.15, 0.2) is 0 Å². The molecule has 0 amide bonds. The summed E-state index contributed by atoms with van der Waals surface area (Å²) in [5.41, 5.74) is 0. The molecule has 0 atom stereocenters. The molecule has 0 saturated carbocycles. The number of hydrogen-bond acceptors (Lipinski definition) is 5. The fourth-order valence-electron chi connectivity index (χ4n) is 1.79. The maximum atomic E-state index is 4.32. The lowest BCUT2D eigenvalue weighted by Gasteiger charge is -1.91. The average molecular weight is 341 g/mol. The van der Waals surface area contributed by atoms with E-state index in [1.54, 1.807) is 0 Å². The molecule has 0 aliphatic heterocycles. The zero-order valence-corrected chi connectivity index (χ0v) is 14.2. The molecular weight excluding hydrogens is 328 g/mol. The first-order valence-electron chi connectivity index (χ1n) is 5.80. The van der Waals surface area contributed by atoms with Crippen molar-refractivity contribution in [3.63, 3.8) is 0 Å². The summed E-state index contributed by atoms with van der Waals surface area (Å²) in [5, 5.41) is 0. The highest BCUT2D eigenvalue weighted by Crippen LogP contribution is 2.40. The molecular formula is C14H12S5. The summed E-state index contributed by atoms with van der Waals surface area (Å²) >= 11 is 14.2. The van der Waals surface area contributed by atoms with Gasteiger partial charge in [0.1, 0.15) is 0 Å². The SMILES string of the molecule is SCc1ccc(-c2ccc(-c3ccc(CS)s3)s2)s1. The van der Waals surface area contributed by atoms with Gasteiger partial charge >= 0.3 is 0 Å². The normalized spacial score (nSPS) is 11.1. The van der Waals surface area contributed by atoms with Crippen LogP contribution < -0.4 is 0 Å². The van der Waals surface area contributed by atoms with Crippen LogP contribution in [0.4, 0.5) is 0 Å². The Balaban J connectivity index is 1.90. The first kappa shape index (κ1) is 13.8. The topological polar surface area (TPSA) is 0 Å². The quantitative estimate of drug-likeness (QED) is 0.530. The Morgan fingerprint density at radius 1 is 0.579 bits per heavy atom. The highest BCUT2D eigenvalue weighted by Gasteiger charge is 2.09. The monoisotopic (exact) mass is 340 g/mol.